The topological polar surface area (TPSA) is 120 Å². The molecule has 166 valence electrons. The maximum atomic E-state index is 12.9. The Kier molecular flexibility index (Phi) is 5.83. The summed E-state index contributed by atoms with van der Waals surface area (Å²) in [6.07, 6.45) is 1.55. The van der Waals surface area contributed by atoms with Crippen LogP contribution in [0.25, 0.3) is 17.4 Å². The number of benzene rings is 2. The number of thiocarbonyl (C=S) groups is 1. The summed E-state index contributed by atoms with van der Waals surface area (Å²) in [5, 5.41) is 22.2. The van der Waals surface area contributed by atoms with Crippen molar-refractivity contribution in [3.63, 3.8) is 0 Å². The number of nitro groups is 2. The molecule has 9 nitrogen and oxygen atoms in total. The van der Waals surface area contributed by atoms with Crippen molar-refractivity contribution < 1.29 is 19.1 Å². The van der Waals surface area contributed by atoms with E-state index in [2.05, 4.69) is 0 Å². The number of hydrogen-bond acceptors (Lipinski definition) is 8. The molecule has 0 N–H and O–H groups in total. The number of furan rings is 1. The molecule has 1 aromatic heterocycles. The molecule has 0 saturated carbocycles. The average Bonchev–Trinajstić information content (AvgIpc) is 3.34. The summed E-state index contributed by atoms with van der Waals surface area (Å²) >= 11 is 6.41. The highest BCUT2D eigenvalue weighted by molar-refractivity contribution is 8.27. The van der Waals surface area contributed by atoms with Crippen molar-refractivity contribution >= 4 is 57.3 Å². The number of amides is 1. The van der Waals surface area contributed by atoms with Crippen LogP contribution < -0.4 is 4.90 Å². The van der Waals surface area contributed by atoms with Gasteiger partial charge in [0, 0.05) is 35.4 Å². The molecule has 1 fully saturated rings. The summed E-state index contributed by atoms with van der Waals surface area (Å²) in [5.41, 5.74) is 2.25. The molecule has 0 bridgehead atoms. The highest BCUT2D eigenvalue weighted by atomic mass is 32.2. The standard InChI is InChI=1S/C22H15N3O6S2/c1-12-9-14(10-18(13(12)2)25(29)30)19-8-7-17(31-19)11-20-21(26)23(22(32)33-20)15-3-5-16(6-4-15)24(27)28/h3-11H,1-2H3/b20-11-. The summed E-state index contributed by atoms with van der Waals surface area (Å²) in [4.78, 5) is 35.8. The van der Waals surface area contributed by atoms with Crippen LogP contribution in [-0.2, 0) is 4.79 Å². The smallest absolute Gasteiger partial charge is 0.273 e. The summed E-state index contributed by atoms with van der Waals surface area (Å²) in [5.74, 6) is 0.437. The second kappa shape index (κ2) is 8.60. The molecule has 1 amide bonds. The lowest BCUT2D eigenvalue weighted by Crippen LogP contribution is -2.27. The summed E-state index contributed by atoms with van der Waals surface area (Å²) < 4.78 is 6.12. The molecule has 11 heteroatoms. The zero-order chi connectivity index (χ0) is 23.9. The van der Waals surface area contributed by atoms with E-state index >= 15 is 0 Å². The van der Waals surface area contributed by atoms with Gasteiger partial charge in [-0.1, -0.05) is 24.0 Å². The lowest BCUT2D eigenvalue weighted by Gasteiger charge is -2.13. The normalized spacial score (nSPS) is 14.8. The van der Waals surface area contributed by atoms with Crippen LogP contribution in [0, 0.1) is 34.1 Å². The minimum atomic E-state index is -0.521. The van der Waals surface area contributed by atoms with Gasteiger partial charge >= 0.3 is 0 Å². The van der Waals surface area contributed by atoms with Crippen LogP contribution in [0.1, 0.15) is 16.9 Å². The van der Waals surface area contributed by atoms with Crippen LogP contribution in [0.15, 0.2) is 57.9 Å². The fourth-order valence-electron chi connectivity index (χ4n) is 3.30. The predicted molar refractivity (Wildman–Crippen MR) is 129 cm³/mol. The average molecular weight is 482 g/mol. The molecule has 1 saturated heterocycles. The van der Waals surface area contributed by atoms with E-state index in [4.69, 9.17) is 16.6 Å². The van der Waals surface area contributed by atoms with E-state index < -0.39 is 9.85 Å². The van der Waals surface area contributed by atoms with Crippen molar-refractivity contribution in [2.75, 3.05) is 4.90 Å². The third kappa shape index (κ3) is 4.28. The van der Waals surface area contributed by atoms with E-state index in [-0.39, 0.29) is 21.6 Å². The fraction of sp³-hybridized carbons (Fsp3) is 0.0909. The van der Waals surface area contributed by atoms with Crippen LogP contribution in [0.3, 0.4) is 0 Å². The number of carbonyl (C=O) groups is 1. The number of nitrogens with zero attached hydrogens (tertiary/aromatic N) is 3. The molecule has 3 aromatic rings. The Morgan fingerprint density at radius 2 is 1.73 bits per heavy atom. The highest BCUT2D eigenvalue weighted by Gasteiger charge is 2.33. The summed E-state index contributed by atoms with van der Waals surface area (Å²) in [7, 11) is 0. The molecule has 2 aromatic carbocycles. The van der Waals surface area contributed by atoms with E-state index in [0.29, 0.717) is 33.2 Å². The Balaban J connectivity index is 1.61. The van der Waals surface area contributed by atoms with Crippen LogP contribution in [0.2, 0.25) is 0 Å². The van der Waals surface area contributed by atoms with E-state index in [1.165, 1.54) is 35.2 Å². The van der Waals surface area contributed by atoms with Gasteiger partial charge in [-0.25, -0.2) is 0 Å². The lowest BCUT2D eigenvalue weighted by molar-refractivity contribution is -0.385. The molecule has 0 aliphatic carbocycles. The van der Waals surface area contributed by atoms with Gasteiger partial charge in [-0.05, 0) is 49.7 Å². The molecular formula is C22H15N3O6S2. The van der Waals surface area contributed by atoms with Crippen LogP contribution in [0.5, 0.6) is 0 Å². The van der Waals surface area contributed by atoms with Gasteiger partial charge in [-0.3, -0.25) is 29.9 Å². The minimum absolute atomic E-state index is 0.00641. The van der Waals surface area contributed by atoms with Crippen molar-refractivity contribution in [1.82, 2.24) is 0 Å². The first kappa shape index (κ1) is 22.4. The van der Waals surface area contributed by atoms with Crippen molar-refractivity contribution in [2.45, 2.75) is 13.8 Å². The summed E-state index contributed by atoms with van der Waals surface area (Å²) in [6.45, 7) is 3.48. The minimum Gasteiger partial charge on any atom is -0.457 e. The monoisotopic (exact) mass is 481 g/mol. The van der Waals surface area contributed by atoms with Gasteiger partial charge in [0.25, 0.3) is 17.3 Å². The van der Waals surface area contributed by atoms with E-state index in [1.807, 2.05) is 0 Å². The number of nitro benzene ring substituents is 2. The Hall–Kier alpha value is -3.83. The Bertz CT molecular complexity index is 1360. The molecule has 1 aliphatic rings. The maximum absolute atomic E-state index is 12.9. The third-order valence-electron chi connectivity index (χ3n) is 5.13. The predicted octanol–water partition coefficient (Wildman–Crippen LogP) is 5.79. The Labute approximate surface area is 197 Å². The number of hydrogen-bond donors (Lipinski definition) is 0. The third-order valence-corrected chi connectivity index (χ3v) is 6.44. The number of rotatable bonds is 5. The van der Waals surface area contributed by atoms with Gasteiger partial charge in [-0.2, -0.15) is 0 Å². The van der Waals surface area contributed by atoms with Crippen LogP contribution in [0.4, 0.5) is 17.1 Å². The van der Waals surface area contributed by atoms with Gasteiger partial charge in [0.05, 0.1) is 20.4 Å². The molecule has 0 atom stereocenters. The fourth-order valence-corrected chi connectivity index (χ4v) is 4.58. The van der Waals surface area contributed by atoms with Crippen molar-refractivity contribution in [3.05, 3.63) is 90.6 Å². The first-order valence-corrected chi connectivity index (χ1v) is 10.8. The van der Waals surface area contributed by atoms with E-state index in [9.17, 15) is 25.0 Å². The molecule has 1 aliphatic heterocycles. The van der Waals surface area contributed by atoms with Gasteiger partial charge in [0.15, 0.2) is 4.32 Å². The molecule has 0 radical (unpaired) electrons. The molecule has 4 rings (SSSR count). The van der Waals surface area contributed by atoms with Gasteiger partial charge in [-0.15, -0.1) is 0 Å². The molecule has 2 heterocycles. The number of carbonyl (C=O) groups excluding carboxylic acids is 1. The van der Waals surface area contributed by atoms with Crippen molar-refractivity contribution in [2.24, 2.45) is 0 Å². The quantitative estimate of drug-likeness (QED) is 0.194. The van der Waals surface area contributed by atoms with Crippen LogP contribution in [-0.4, -0.2) is 20.1 Å². The number of non-ortho nitro benzene ring substituents is 1. The highest BCUT2D eigenvalue weighted by Crippen LogP contribution is 2.37. The zero-order valence-electron chi connectivity index (χ0n) is 17.3. The number of thioether (sulfide) groups is 1. The molecule has 0 spiro atoms. The van der Waals surface area contributed by atoms with Crippen molar-refractivity contribution in [1.29, 1.82) is 0 Å². The second-order valence-corrected chi connectivity index (χ2v) is 8.86. The first-order valence-electron chi connectivity index (χ1n) is 9.54. The van der Waals surface area contributed by atoms with Gasteiger partial charge < -0.3 is 4.42 Å². The first-order chi connectivity index (χ1) is 15.7. The number of aryl methyl sites for hydroxylation is 1. The molecule has 33 heavy (non-hydrogen) atoms. The van der Waals surface area contributed by atoms with Gasteiger partial charge in [0.1, 0.15) is 11.5 Å². The Morgan fingerprint density at radius 1 is 1.03 bits per heavy atom. The number of anilines is 1. The summed E-state index contributed by atoms with van der Waals surface area (Å²) in [6, 6.07) is 12.1. The van der Waals surface area contributed by atoms with E-state index in [0.717, 1.165) is 17.3 Å². The van der Waals surface area contributed by atoms with Crippen molar-refractivity contribution in [3.8, 4) is 11.3 Å². The SMILES string of the molecule is Cc1cc(-c2ccc(/C=C3\SC(=S)N(c4ccc([N+](=O)[O-])cc4)C3=O)o2)cc([N+](=O)[O-])c1C. The van der Waals surface area contributed by atoms with Crippen LogP contribution >= 0.6 is 24.0 Å². The zero-order valence-corrected chi connectivity index (χ0v) is 18.9. The molecular weight excluding hydrogens is 466 g/mol. The second-order valence-electron chi connectivity index (χ2n) is 7.19. The largest absolute Gasteiger partial charge is 0.457 e. The Morgan fingerprint density at radius 3 is 2.36 bits per heavy atom. The van der Waals surface area contributed by atoms with E-state index in [1.54, 1.807) is 38.1 Å². The lowest BCUT2D eigenvalue weighted by atomic mass is 10.0. The van der Waals surface area contributed by atoms with Gasteiger partial charge in [0.2, 0.25) is 0 Å². The molecule has 0 unspecified atom stereocenters. The maximum Gasteiger partial charge on any atom is 0.273 e.